The minimum absolute atomic E-state index is 0.0742. The maximum Gasteiger partial charge on any atom is 0.333 e. The van der Waals surface area contributed by atoms with Gasteiger partial charge in [0.05, 0.1) is 39.0 Å². The molecule has 2 heterocycles. The molecule has 0 bridgehead atoms. The third kappa shape index (κ3) is 4.10. The van der Waals surface area contributed by atoms with Crippen LogP contribution >= 0.6 is 34.8 Å². The number of aromatic nitrogens is 3. The van der Waals surface area contributed by atoms with Crippen molar-refractivity contribution in [1.82, 2.24) is 14.5 Å². The molecule has 0 atom stereocenters. The lowest BCUT2D eigenvalue weighted by Gasteiger charge is -2.24. The monoisotopic (exact) mass is 538 g/mol. The average Bonchev–Trinajstić information content (AvgIpc) is 2.85. The molecule has 36 heavy (non-hydrogen) atoms. The van der Waals surface area contributed by atoms with Crippen molar-refractivity contribution in [2.45, 2.75) is 0 Å². The molecule has 11 heteroatoms. The third-order valence-electron chi connectivity index (χ3n) is 5.65. The molecule has 0 saturated heterocycles. The van der Waals surface area contributed by atoms with Crippen LogP contribution in [0.5, 0.6) is 0 Å². The van der Waals surface area contributed by atoms with E-state index in [1.54, 1.807) is 42.6 Å². The number of hydrogen-bond donors (Lipinski definition) is 3. The number of benzene rings is 3. The molecular formula is C25H17Cl3N6O2. The number of nitrogens with one attached hydrogen (secondary N) is 1. The Kier molecular flexibility index (Phi) is 6.19. The Balaban J connectivity index is 1.86. The van der Waals surface area contributed by atoms with Gasteiger partial charge in [0.15, 0.2) is 0 Å². The zero-order valence-electron chi connectivity index (χ0n) is 18.4. The number of hydrogen-bond acceptors (Lipinski definition) is 6. The Morgan fingerprint density at radius 1 is 0.917 bits per heavy atom. The highest BCUT2D eigenvalue weighted by Gasteiger charge is 2.24. The van der Waals surface area contributed by atoms with E-state index in [0.717, 1.165) is 15.0 Å². The number of pyridine rings is 1. The Labute approximate surface area is 219 Å². The van der Waals surface area contributed by atoms with Gasteiger partial charge >= 0.3 is 5.69 Å². The second-order valence-electron chi connectivity index (χ2n) is 7.88. The Bertz CT molecular complexity index is 1760. The largest absolute Gasteiger partial charge is 0.397 e. The summed E-state index contributed by atoms with van der Waals surface area (Å²) < 4.78 is 0.978. The number of H-pyrrole nitrogens is 1. The van der Waals surface area contributed by atoms with Crippen LogP contribution in [0, 0.1) is 0 Å². The molecule has 5 aromatic rings. The molecule has 0 aliphatic heterocycles. The van der Waals surface area contributed by atoms with Crippen molar-refractivity contribution in [2.24, 2.45) is 5.84 Å². The minimum Gasteiger partial charge on any atom is -0.397 e. The highest BCUT2D eigenvalue weighted by atomic mass is 35.5. The summed E-state index contributed by atoms with van der Waals surface area (Å²) in [6.07, 6.45) is 3.08. The maximum absolute atomic E-state index is 14.1. The Hall–Kier alpha value is -3.82. The summed E-state index contributed by atoms with van der Waals surface area (Å²) in [5, 5.41) is 3.28. The topological polar surface area (TPSA) is 123 Å². The molecule has 2 aromatic heterocycles. The Morgan fingerprint density at radius 2 is 1.67 bits per heavy atom. The zero-order chi connectivity index (χ0) is 25.6. The molecule has 0 fully saturated rings. The van der Waals surface area contributed by atoms with Crippen LogP contribution in [-0.4, -0.2) is 14.5 Å². The van der Waals surface area contributed by atoms with Crippen LogP contribution < -0.4 is 27.8 Å². The summed E-state index contributed by atoms with van der Waals surface area (Å²) in [5.41, 5.74) is 5.97. The normalized spacial score (nSPS) is 11.1. The quantitative estimate of drug-likeness (QED) is 0.162. The van der Waals surface area contributed by atoms with Gasteiger partial charge in [0, 0.05) is 27.6 Å². The molecule has 8 nitrogen and oxygen atoms in total. The SMILES string of the molecule is Nc1cc(Cl)c(Cl)cc1N(N)c1c(-c2cccc(Cl)c2)[nH]c(=O)n(-c2cncc3ccccc23)c1=O. The first-order valence-corrected chi connectivity index (χ1v) is 11.7. The number of nitrogen functional groups attached to an aromatic ring is 1. The van der Waals surface area contributed by atoms with E-state index in [2.05, 4.69) is 9.97 Å². The van der Waals surface area contributed by atoms with Crippen LogP contribution in [0.2, 0.25) is 15.1 Å². The molecule has 0 aliphatic carbocycles. The van der Waals surface area contributed by atoms with Gasteiger partial charge in [0.25, 0.3) is 5.56 Å². The lowest BCUT2D eigenvalue weighted by molar-refractivity contribution is 0.866. The minimum atomic E-state index is -0.708. The van der Waals surface area contributed by atoms with Gasteiger partial charge in [-0.3, -0.25) is 14.8 Å². The van der Waals surface area contributed by atoms with Crippen molar-refractivity contribution in [3.63, 3.8) is 0 Å². The summed E-state index contributed by atoms with van der Waals surface area (Å²) in [4.78, 5) is 34.4. The molecule has 5 rings (SSSR count). The van der Waals surface area contributed by atoms with E-state index in [1.807, 2.05) is 12.1 Å². The molecule has 3 aromatic carbocycles. The van der Waals surface area contributed by atoms with E-state index in [-0.39, 0.29) is 38.5 Å². The summed E-state index contributed by atoms with van der Waals surface area (Å²) >= 11 is 18.5. The number of aromatic amines is 1. The average molecular weight is 540 g/mol. The summed E-state index contributed by atoms with van der Waals surface area (Å²) in [5.74, 6) is 6.49. The summed E-state index contributed by atoms with van der Waals surface area (Å²) in [6, 6.07) is 16.8. The fraction of sp³-hybridized carbons (Fsp3) is 0. The van der Waals surface area contributed by atoms with Gasteiger partial charge in [0.2, 0.25) is 0 Å². The first-order chi connectivity index (χ1) is 17.3. The van der Waals surface area contributed by atoms with E-state index in [4.69, 9.17) is 46.4 Å². The van der Waals surface area contributed by atoms with Gasteiger partial charge in [-0.2, -0.15) is 0 Å². The first-order valence-electron chi connectivity index (χ1n) is 10.5. The van der Waals surface area contributed by atoms with Gasteiger partial charge in [-0.1, -0.05) is 71.2 Å². The molecule has 0 amide bonds. The highest BCUT2D eigenvalue weighted by molar-refractivity contribution is 6.42. The van der Waals surface area contributed by atoms with E-state index in [0.29, 0.717) is 16.0 Å². The van der Waals surface area contributed by atoms with Crippen LogP contribution in [0.4, 0.5) is 17.1 Å². The second-order valence-corrected chi connectivity index (χ2v) is 9.13. The maximum atomic E-state index is 14.1. The van der Waals surface area contributed by atoms with Crippen LogP contribution in [-0.2, 0) is 0 Å². The lowest BCUT2D eigenvalue weighted by atomic mass is 10.1. The Morgan fingerprint density at radius 3 is 2.44 bits per heavy atom. The van der Waals surface area contributed by atoms with Gasteiger partial charge < -0.3 is 10.7 Å². The fourth-order valence-corrected chi connectivity index (χ4v) is 4.50. The standard InChI is InChI=1S/C25H17Cl3N6O2/c26-15-6-3-5-13(8-15)22-23(34(30)20-10-18(28)17(27)9-19(20)29)24(35)33(25(36)32-22)21-12-31-11-14-4-1-2-7-16(14)21/h1-12H,29-30H2,(H,32,36). The third-order valence-corrected chi connectivity index (χ3v) is 6.61. The van der Waals surface area contributed by atoms with Crippen molar-refractivity contribution in [3.8, 4) is 16.9 Å². The molecule has 0 unspecified atom stereocenters. The number of anilines is 3. The van der Waals surface area contributed by atoms with Gasteiger partial charge in [-0.25, -0.2) is 15.2 Å². The molecule has 0 radical (unpaired) electrons. The van der Waals surface area contributed by atoms with Crippen molar-refractivity contribution in [1.29, 1.82) is 0 Å². The van der Waals surface area contributed by atoms with Crippen molar-refractivity contribution in [2.75, 3.05) is 10.7 Å². The van der Waals surface area contributed by atoms with Crippen LogP contribution in [0.25, 0.3) is 27.7 Å². The number of nitrogens with two attached hydrogens (primary N) is 2. The van der Waals surface area contributed by atoms with Gasteiger partial charge in [-0.05, 0) is 24.3 Å². The van der Waals surface area contributed by atoms with Crippen molar-refractivity contribution < 1.29 is 0 Å². The number of halogens is 3. The predicted molar refractivity (Wildman–Crippen MR) is 146 cm³/mol. The molecule has 0 spiro atoms. The molecule has 0 saturated carbocycles. The fourth-order valence-electron chi connectivity index (χ4n) is 3.98. The molecule has 180 valence electrons. The smallest absolute Gasteiger partial charge is 0.333 e. The number of nitrogens with zero attached hydrogens (tertiary/aromatic N) is 3. The second kappa shape index (κ2) is 9.33. The van der Waals surface area contributed by atoms with E-state index in [9.17, 15) is 9.59 Å². The van der Waals surface area contributed by atoms with Crippen molar-refractivity contribution >= 4 is 62.6 Å². The number of rotatable bonds is 4. The summed E-state index contributed by atoms with van der Waals surface area (Å²) in [7, 11) is 0. The van der Waals surface area contributed by atoms with Crippen LogP contribution in [0.1, 0.15) is 0 Å². The van der Waals surface area contributed by atoms with E-state index >= 15 is 0 Å². The van der Waals surface area contributed by atoms with E-state index in [1.165, 1.54) is 18.3 Å². The highest BCUT2D eigenvalue weighted by Crippen LogP contribution is 2.37. The molecule has 5 N–H and O–H groups in total. The van der Waals surface area contributed by atoms with Crippen LogP contribution in [0.3, 0.4) is 0 Å². The van der Waals surface area contributed by atoms with Gasteiger partial charge in [0.1, 0.15) is 5.69 Å². The zero-order valence-corrected chi connectivity index (χ0v) is 20.6. The summed E-state index contributed by atoms with van der Waals surface area (Å²) in [6.45, 7) is 0. The van der Waals surface area contributed by atoms with Crippen LogP contribution in [0.15, 0.2) is 82.6 Å². The van der Waals surface area contributed by atoms with E-state index < -0.39 is 11.2 Å². The number of hydrazine groups is 1. The molecular weight excluding hydrogens is 523 g/mol. The van der Waals surface area contributed by atoms with Crippen molar-refractivity contribution in [3.05, 3.63) is 109 Å². The number of fused-ring (bicyclic) bond motifs is 1. The predicted octanol–water partition coefficient (Wildman–Crippen LogP) is 5.30. The van der Waals surface area contributed by atoms with Gasteiger partial charge in [-0.15, -0.1) is 0 Å². The first kappa shape index (κ1) is 23.9. The molecule has 0 aliphatic rings. The lowest BCUT2D eigenvalue weighted by Crippen LogP contribution is -2.41.